The molecule has 1 atom stereocenters. The molecule has 1 saturated heterocycles. The number of rotatable bonds is 6. The number of likely N-dealkylation sites (tertiary alicyclic amines) is 1. The van der Waals surface area contributed by atoms with Crippen molar-refractivity contribution in [3.8, 4) is 0 Å². The molecule has 1 aliphatic rings. The van der Waals surface area contributed by atoms with Gasteiger partial charge >= 0.3 is 0 Å². The fraction of sp³-hybridized carbons (Fsp3) is 1.00. The Bertz CT molecular complexity index is 186. The molecule has 0 aromatic rings. The lowest BCUT2D eigenvalue weighted by atomic mass is 9.98. The third-order valence-corrected chi connectivity index (χ3v) is 3.33. The van der Waals surface area contributed by atoms with Crippen LogP contribution in [-0.4, -0.2) is 43.7 Å². The van der Waals surface area contributed by atoms with Crippen LogP contribution in [0.1, 0.15) is 39.5 Å². The molecule has 3 nitrogen and oxygen atoms in total. The van der Waals surface area contributed by atoms with E-state index in [1.807, 2.05) is 0 Å². The summed E-state index contributed by atoms with van der Waals surface area (Å²) in [7, 11) is 2.23. The van der Waals surface area contributed by atoms with Crippen molar-refractivity contribution in [3.05, 3.63) is 0 Å². The summed E-state index contributed by atoms with van der Waals surface area (Å²) in [4.78, 5) is 2.44. The zero-order valence-corrected chi connectivity index (χ0v) is 11.3. The van der Waals surface area contributed by atoms with E-state index in [9.17, 15) is 0 Å². The molecule has 1 rings (SSSR count). The number of hydrogen-bond acceptors (Lipinski definition) is 3. The summed E-state index contributed by atoms with van der Waals surface area (Å²) in [5.41, 5.74) is 5.94. The first-order valence-electron chi connectivity index (χ1n) is 6.65. The third kappa shape index (κ3) is 6.46. The summed E-state index contributed by atoms with van der Waals surface area (Å²) in [6.07, 6.45) is 5.04. The molecule has 0 radical (unpaired) electrons. The van der Waals surface area contributed by atoms with Crippen molar-refractivity contribution in [1.82, 2.24) is 10.2 Å². The Morgan fingerprint density at radius 2 is 2.19 bits per heavy atom. The maximum Gasteiger partial charge on any atom is 0.00975 e. The smallest absolute Gasteiger partial charge is 0.00975 e. The summed E-state index contributed by atoms with van der Waals surface area (Å²) in [6.45, 7) is 9.02. The quantitative estimate of drug-likeness (QED) is 0.675. The molecule has 3 N–H and O–H groups in total. The second kappa shape index (κ2) is 6.58. The lowest BCUT2D eigenvalue weighted by molar-refractivity contribution is 0.206. The zero-order chi connectivity index (χ0) is 12.0. The van der Waals surface area contributed by atoms with Crippen LogP contribution in [0.15, 0.2) is 0 Å². The van der Waals surface area contributed by atoms with Gasteiger partial charge in [-0.2, -0.15) is 0 Å². The Hall–Kier alpha value is -0.120. The van der Waals surface area contributed by atoms with Crippen LogP contribution < -0.4 is 11.1 Å². The summed E-state index contributed by atoms with van der Waals surface area (Å²) < 4.78 is 0. The standard InChI is InChI=1S/C13H29N3/c1-13(2,14)7-5-8-15-10-12-6-4-9-16(3)11-12/h12,15H,4-11,14H2,1-3H3. The van der Waals surface area contributed by atoms with Crippen LogP contribution in [0.2, 0.25) is 0 Å². The molecule has 0 aromatic heterocycles. The van der Waals surface area contributed by atoms with Crippen molar-refractivity contribution in [2.75, 3.05) is 33.2 Å². The van der Waals surface area contributed by atoms with Gasteiger partial charge in [0.05, 0.1) is 0 Å². The highest BCUT2D eigenvalue weighted by Crippen LogP contribution is 2.14. The predicted molar refractivity (Wildman–Crippen MR) is 70.6 cm³/mol. The van der Waals surface area contributed by atoms with Crippen LogP contribution in [0.3, 0.4) is 0 Å². The number of nitrogens with two attached hydrogens (primary N) is 1. The molecule has 0 aliphatic carbocycles. The van der Waals surface area contributed by atoms with Gasteiger partial charge in [0.2, 0.25) is 0 Å². The first-order valence-corrected chi connectivity index (χ1v) is 6.65. The first-order chi connectivity index (χ1) is 7.47. The fourth-order valence-electron chi connectivity index (χ4n) is 2.42. The van der Waals surface area contributed by atoms with Gasteiger partial charge in [0.1, 0.15) is 0 Å². The number of nitrogens with one attached hydrogen (secondary N) is 1. The van der Waals surface area contributed by atoms with Crippen LogP contribution in [0.5, 0.6) is 0 Å². The summed E-state index contributed by atoms with van der Waals surface area (Å²) in [5, 5.41) is 3.57. The van der Waals surface area contributed by atoms with Crippen LogP contribution >= 0.6 is 0 Å². The molecule has 3 heteroatoms. The molecule has 1 aliphatic heterocycles. The fourth-order valence-corrected chi connectivity index (χ4v) is 2.42. The van der Waals surface area contributed by atoms with Gasteiger partial charge in [-0.05, 0) is 72.1 Å². The van der Waals surface area contributed by atoms with E-state index in [-0.39, 0.29) is 5.54 Å². The molecule has 1 unspecified atom stereocenters. The van der Waals surface area contributed by atoms with E-state index in [0.717, 1.165) is 18.9 Å². The van der Waals surface area contributed by atoms with Crippen molar-refractivity contribution >= 4 is 0 Å². The van der Waals surface area contributed by atoms with Crippen molar-refractivity contribution in [3.63, 3.8) is 0 Å². The maximum atomic E-state index is 5.94. The van der Waals surface area contributed by atoms with Crippen molar-refractivity contribution in [2.45, 2.75) is 45.1 Å². The van der Waals surface area contributed by atoms with Gasteiger partial charge in [0, 0.05) is 12.1 Å². The van der Waals surface area contributed by atoms with Crippen LogP contribution in [0.4, 0.5) is 0 Å². The molecule has 0 aromatic carbocycles. The lowest BCUT2D eigenvalue weighted by Gasteiger charge is -2.29. The van der Waals surface area contributed by atoms with E-state index in [0.29, 0.717) is 0 Å². The largest absolute Gasteiger partial charge is 0.326 e. The topological polar surface area (TPSA) is 41.3 Å². The SMILES string of the molecule is CN1CCCC(CNCCCC(C)(C)N)C1. The number of nitrogens with zero attached hydrogens (tertiary/aromatic N) is 1. The van der Waals surface area contributed by atoms with Crippen molar-refractivity contribution < 1.29 is 0 Å². The third-order valence-electron chi connectivity index (χ3n) is 3.33. The molecular weight excluding hydrogens is 198 g/mol. The van der Waals surface area contributed by atoms with Gasteiger partial charge < -0.3 is 16.0 Å². The molecule has 0 amide bonds. The van der Waals surface area contributed by atoms with Gasteiger partial charge in [0.15, 0.2) is 0 Å². The first kappa shape index (κ1) is 13.9. The number of hydrogen-bond donors (Lipinski definition) is 2. The molecular formula is C13H29N3. The maximum absolute atomic E-state index is 5.94. The zero-order valence-electron chi connectivity index (χ0n) is 11.3. The Morgan fingerprint density at radius 1 is 1.44 bits per heavy atom. The minimum atomic E-state index is -0.00721. The molecule has 0 saturated carbocycles. The van der Waals surface area contributed by atoms with E-state index in [1.54, 1.807) is 0 Å². The lowest BCUT2D eigenvalue weighted by Crippen LogP contribution is -2.38. The average molecular weight is 227 g/mol. The Kier molecular flexibility index (Phi) is 5.73. The monoisotopic (exact) mass is 227 g/mol. The Labute approximate surface area is 101 Å². The minimum Gasteiger partial charge on any atom is -0.326 e. The van der Waals surface area contributed by atoms with E-state index >= 15 is 0 Å². The highest BCUT2D eigenvalue weighted by molar-refractivity contribution is 4.74. The van der Waals surface area contributed by atoms with Gasteiger partial charge in [-0.25, -0.2) is 0 Å². The second-order valence-corrected chi connectivity index (χ2v) is 6.07. The van der Waals surface area contributed by atoms with Crippen LogP contribution in [0.25, 0.3) is 0 Å². The van der Waals surface area contributed by atoms with E-state index < -0.39 is 0 Å². The van der Waals surface area contributed by atoms with Crippen molar-refractivity contribution in [1.29, 1.82) is 0 Å². The molecule has 96 valence electrons. The normalized spacial score (nSPS) is 23.6. The number of piperidine rings is 1. The van der Waals surface area contributed by atoms with E-state index in [2.05, 4.69) is 31.1 Å². The summed E-state index contributed by atoms with van der Waals surface area (Å²) in [6, 6.07) is 0. The van der Waals surface area contributed by atoms with Gasteiger partial charge in [-0.3, -0.25) is 0 Å². The second-order valence-electron chi connectivity index (χ2n) is 6.07. The summed E-state index contributed by atoms with van der Waals surface area (Å²) in [5.74, 6) is 0.852. The molecule has 0 spiro atoms. The molecule has 16 heavy (non-hydrogen) atoms. The molecule has 1 fully saturated rings. The molecule has 1 heterocycles. The van der Waals surface area contributed by atoms with Gasteiger partial charge in [-0.15, -0.1) is 0 Å². The average Bonchev–Trinajstić information content (AvgIpc) is 2.15. The highest BCUT2D eigenvalue weighted by atomic mass is 15.1. The Balaban J connectivity index is 1.98. The van der Waals surface area contributed by atoms with E-state index in [1.165, 1.54) is 38.9 Å². The van der Waals surface area contributed by atoms with Gasteiger partial charge in [-0.1, -0.05) is 0 Å². The van der Waals surface area contributed by atoms with Crippen LogP contribution in [-0.2, 0) is 0 Å². The minimum absolute atomic E-state index is 0.00721. The predicted octanol–water partition coefficient (Wildman–Crippen LogP) is 1.44. The highest BCUT2D eigenvalue weighted by Gasteiger charge is 2.16. The Morgan fingerprint density at radius 3 is 2.81 bits per heavy atom. The van der Waals surface area contributed by atoms with Crippen molar-refractivity contribution in [2.24, 2.45) is 11.7 Å². The summed E-state index contributed by atoms with van der Waals surface area (Å²) >= 11 is 0. The van der Waals surface area contributed by atoms with Gasteiger partial charge in [0.25, 0.3) is 0 Å². The van der Waals surface area contributed by atoms with E-state index in [4.69, 9.17) is 5.73 Å². The molecule has 0 bridgehead atoms. The van der Waals surface area contributed by atoms with Crippen LogP contribution in [0, 0.1) is 5.92 Å².